The number of anilines is 1. The van der Waals surface area contributed by atoms with Crippen molar-refractivity contribution in [1.29, 1.82) is 0 Å². The van der Waals surface area contributed by atoms with Gasteiger partial charge in [0, 0.05) is 29.3 Å². The molecular weight excluding hydrogens is 280 g/mol. The first-order chi connectivity index (χ1) is 8.04. The van der Waals surface area contributed by atoms with Gasteiger partial charge in [0.25, 0.3) is 0 Å². The Kier molecular flexibility index (Phi) is 5.65. The molecule has 17 heavy (non-hydrogen) atoms. The molecule has 0 fully saturated rings. The summed E-state index contributed by atoms with van der Waals surface area (Å²) in [7, 11) is 6.23. The molecule has 0 unspecified atom stereocenters. The van der Waals surface area contributed by atoms with Crippen LogP contribution in [0.1, 0.15) is 16.8 Å². The van der Waals surface area contributed by atoms with Crippen LogP contribution in [0, 0.1) is 0 Å². The van der Waals surface area contributed by atoms with Crippen molar-refractivity contribution in [2.24, 2.45) is 0 Å². The number of benzene rings is 1. The molecule has 0 amide bonds. The first kappa shape index (κ1) is 14.2. The van der Waals surface area contributed by atoms with Crippen molar-refractivity contribution < 1.29 is 4.79 Å². The summed E-state index contributed by atoms with van der Waals surface area (Å²) in [5.74, 6) is 0. The Bertz CT molecular complexity index is 380. The molecule has 1 aromatic carbocycles. The molecule has 0 aliphatic carbocycles. The Morgan fingerprint density at radius 1 is 1.24 bits per heavy atom. The molecule has 1 aromatic rings. The largest absolute Gasteiger partial charge is 0.375 e. The smallest absolute Gasteiger partial charge is 0.151 e. The highest BCUT2D eigenvalue weighted by atomic mass is 79.9. The third-order valence-electron chi connectivity index (χ3n) is 2.65. The SMILES string of the molecule is CN(C)CCCN(C)c1ccc(C=O)c(Br)c1. The molecule has 0 atom stereocenters. The lowest BCUT2D eigenvalue weighted by Gasteiger charge is -2.21. The number of hydrogen-bond acceptors (Lipinski definition) is 3. The third-order valence-corrected chi connectivity index (χ3v) is 3.34. The van der Waals surface area contributed by atoms with Crippen molar-refractivity contribution in [2.45, 2.75) is 6.42 Å². The lowest BCUT2D eigenvalue weighted by molar-refractivity contribution is 0.112. The van der Waals surface area contributed by atoms with E-state index in [-0.39, 0.29) is 0 Å². The van der Waals surface area contributed by atoms with Gasteiger partial charge in [0.2, 0.25) is 0 Å². The number of nitrogens with zero attached hydrogens (tertiary/aromatic N) is 2. The summed E-state index contributed by atoms with van der Waals surface area (Å²) in [6.07, 6.45) is 1.98. The Labute approximate surface area is 112 Å². The lowest BCUT2D eigenvalue weighted by Crippen LogP contribution is -2.23. The second-order valence-electron chi connectivity index (χ2n) is 4.40. The van der Waals surface area contributed by atoms with Crippen LogP contribution in [0.2, 0.25) is 0 Å². The highest BCUT2D eigenvalue weighted by Gasteiger charge is 2.04. The molecule has 0 aliphatic rings. The fourth-order valence-electron chi connectivity index (χ4n) is 1.60. The van der Waals surface area contributed by atoms with E-state index < -0.39 is 0 Å². The molecule has 0 N–H and O–H groups in total. The standard InChI is InChI=1S/C13H19BrN2O/c1-15(2)7-4-8-16(3)12-6-5-11(10-17)13(14)9-12/h5-6,9-10H,4,7-8H2,1-3H3. The maximum Gasteiger partial charge on any atom is 0.151 e. The maximum absolute atomic E-state index is 10.7. The molecule has 0 saturated heterocycles. The summed E-state index contributed by atoms with van der Waals surface area (Å²) in [6, 6.07) is 5.80. The Balaban J connectivity index is 2.60. The van der Waals surface area contributed by atoms with Crippen LogP contribution in [0.3, 0.4) is 0 Å². The zero-order chi connectivity index (χ0) is 12.8. The third kappa shape index (κ3) is 4.48. The molecule has 0 aromatic heterocycles. The van der Waals surface area contributed by atoms with Crippen molar-refractivity contribution in [3.63, 3.8) is 0 Å². The maximum atomic E-state index is 10.7. The van der Waals surface area contributed by atoms with Gasteiger partial charge in [-0.05, 0) is 61.2 Å². The van der Waals surface area contributed by atoms with Gasteiger partial charge in [0.15, 0.2) is 6.29 Å². The summed E-state index contributed by atoms with van der Waals surface area (Å²) in [4.78, 5) is 15.1. The quantitative estimate of drug-likeness (QED) is 0.755. The van der Waals surface area contributed by atoms with E-state index in [9.17, 15) is 4.79 Å². The van der Waals surface area contributed by atoms with E-state index in [0.717, 1.165) is 36.0 Å². The van der Waals surface area contributed by atoms with E-state index >= 15 is 0 Å². The molecule has 0 saturated carbocycles. The van der Waals surface area contributed by atoms with Crippen LogP contribution in [0.4, 0.5) is 5.69 Å². The second-order valence-corrected chi connectivity index (χ2v) is 5.26. The van der Waals surface area contributed by atoms with E-state index in [1.807, 2.05) is 18.2 Å². The van der Waals surface area contributed by atoms with Gasteiger partial charge < -0.3 is 9.80 Å². The van der Waals surface area contributed by atoms with Crippen molar-refractivity contribution in [3.05, 3.63) is 28.2 Å². The fraction of sp³-hybridized carbons (Fsp3) is 0.462. The molecule has 94 valence electrons. The second kappa shape index (κ2) is 6.77. The van der Waals surface area contributed by atoms with E-state index in [4.69, 9.17) is 0 Å². The van der Waals surface area contributed by atoms with E-state index in [1.165, 1.54) is 0 Å². The topological polar surface area (TPSA) is 23.6 Å². The zero-order valence-electron chi connectivity index (χ0n) is 10.6. The Morgan fingerprint density at radius 2 is 1.94 bits per heavy atom. The summed E-state index contributed by atoms with van der Waals surface area (Å²) >= 11 is 3.40. The number of aldehydes is 1. The molecule has 0 spiro atoms. The van der Waals surface area contributed by atoms with Gasteiger partial charge in [-0.25, -0.2) is 0 Å². The summed E-state index contributed by atoms with van der Waals surface area (Å²) < 4.78 is 0.851. The average molecular weight is 299 g/mol. The zero-order valence-corrected chi connectivity index (χ0v) is 12.2. The van der Waals surface area contributed by atoms with Crippen molar-refractivity contribution in [2.75, 3.05) is 39.1 Å². The molecule has 0 radical (unpaired) electrons. The van der Waals surface area contributed by atoms with Crippen molar-refractivity contribution in [1.82, 2.24) is 4.90 Å². The molecule has 1 rings (SSSR count). The van der Waals surface area contributed by atoms with Crippen LogP contribution in [0.25, 0.3) is 0 Å². The van der Waals surface area contributed by atoms with Crippen LogP contribution in [0.15, 0.2) is 22.7 Å². The predicted molar refractivity (Wildman–Crippen MR) is 76.0 cm³/mol. The molecular formula is C13H19BrN2O. The normalized spacial score (nSPS) is 10.6. The van der Waals surface area contributed by atoms with Gasteiger partial charge in [-0.15, -0.1) is 0 Å². The molecule has 3 nitrogen and oxygen atoms in total. The number of hydrogen-bond donors (Lipinski definition) is 0. The predicted octanol–water partition coefficient (Wildman–Crippen LogP) is 2.65. The van der Waals surface area contributed by atoms with E-state index in [1.54, 1.807) is 0 Å². The molecule has 0 aliphatic heterocycles. The van der Waals surface area contributed by atoms with Crippen LogP contribution in [-0.2, 0) is 0 Å². The van der Waals surface area contributed by atoms with Gasteiger partial charge in [0.1, 0.15) is 0 Å². The van der Waals surface area contributed by atoms with Crippen LogP contribution in [0.5, 0.6) is 0 Å². The number of carbonyl (C=O) groups excluding carboxylic acids is 1. The van der Waals surface area contributed by atoms with Crippen molar-refractivity contribution in [3.8, 4) is 0 Å². The Hall–Kier alpha value is -0.870. The number of rotatable bonds is 6. The first-order valence-electron chi connectivity index (χ1n) is 5.65. The summed E-state index contributed by atoms with van der Waals surface area (Å²) in [5.41, 5.74) is 1.82. The minimum absolute atomic E-state index is 0.690. The molecule has 0 bridgehead atoms. The van der Waals surface area contributed by atoms with Gasteiger partial charge in [0.05, 0.1) is 0 Å². The minimum Gasteiger partial charge on any atom is -0.375 e. The summed E-state index contributed by atoms with van der Waals surface area (Å²) in [6.45, 7) is 2.09. The highest BCUT2D eigenvalue weighted by Crippen LogP contribution is 2.22. The van der Waals surface area contributed by atoms with E-state index in [0.29, 0.717) is 5.56 Å². The lowest BCUT2D eigenvalue weighted by atomic mass is 10.2. The Morgan fingerprint density at radius 3 is 2.47 bits per heavy atom. The van der Waals surface area contributed by atoms with Crippen LogP contribution < -0.4 is 4.90 Å². The van der Waals surface area contributed by atoms with Crippen molar-refractivity contribution >= 4 is 27.9 Å². The minimum atomic E-state index is 0.690. The fourth-order valence-corrected chi connectivity index (χ4v) is 2.06. The van der Waals surface area contributed by atoms with E-state index in [2.05, 4.69) is 46.9 Å². The van der Waals surface area contributed by atoms with Gasteiger partial charge in [-0.2, -0.15) is 0 Å². The monoisotopic (exact) mass is 298 g/mol. The highest BCUT2D eigenvalue weighted by molar-refractivity contribution is 9.10. The number of halogens is 1. The molecule has 0 heterocycles. The van der Waals surface area contributed by atoms with Gasteiger partial charge in [-0.3, -0.25) is 4.79 Å². The summed E-state index contributed by atoms with van der Waals surface area (Å²) in [5, 5.41) is 0. The average Bonchev–Trinajstić information content (AvgIpc) is 2.28. The first-order valence-corrected chi connectivity index (χ1v) is 6.44. The van der Waals surface area contributed by atoms with Crippen LogP contribution in [-0.4, -0.2) is 45.4 Å². The van der Waals surface area contributed by atoms with Gasteiger partial charge >= 0.3 is 0 Å². The van der Waals surface area contributed by atoms with Crippen LogP contribution >= 0.6 is 15.9 Å². The van der Waals surface area contributed by atoms with Gasteiger partial charge in [-0.1, -0.05) is 0 Å². The number of carbonyl (C=O) groups is 1. The molecule has 4 heteroatoms.